The van der Waals surface area contributed by atoms with Crippen molar-refractivity contribution in [3.8, 4) is 11.5 Å². The minimum absolute atomic E-state index is 0.0462. The minimum atomic E-state index is -1.03. The first kappa shape index (κ1) is 34.1. The van der Waals surface area contributed by atoms with Crippen LogP contribution in [-0.4, -0.2) is 42.1 Å². The van der Waals surface area contributed by atoms with Crippen molar-refractivity contribution >= 4 is 23.9 Å². The smallest absolute Gasteiger partial charge is 0.323 e. The molecule has 0 spiro atoms. The first-order valence-electron chi connectivity index (χ1n) is 13.7. The van der Waals surface area contributed by atoms with Gasteiger partial charge in [-0.25, -0.2) is 0 Å². The third kappa shape index (κ3) is 11.4. The molecule has 0 radical (unpaired) electrons. The number of hydrogen-bond acceptors (Lipinski definition) is 9. The monoisotopic (exact) mass is 549 g/mol. The Bertz CT molecular complexity index is 987. The molecule has 0 saturated heterocycles. The highest BCUT2D eigenvalue weighted by Gasteiger charge is 2.27. The largest absolute Gasteiger partial charge is 0.459 e. The Balaban J connectivity index is 3.02. The molecule has 0 bridgehead atoms. The van der Waals surface area contributed by atoms with E-state index >= 15 is 0 Å². The van der Waals surface area contributed by atoms with Gasteiger partial charge in [-0.2, -0.15) is 0 Å². The Morgan fingerprint density at radius 3 is 1.67 bits per heavy atom. The fourth-order valence-electron chi connectivity index (χ4n) is 3.18. The van der Waals surface area contributed by atoms with Gasteiger partial charge in [0.2, 0.25) is 0 Å². The van der Waals surface area contributed by atoms with Crippen LogP contribution in [0.3, 0.4) is 0 Å². The molecular weight excluding hydrogens is 502 g/mol. The first-order chi connectivity index (χ1) is 18.0. The molecule has 2 unspecified atom stereocenters. The van der Waals surface area contributed by atoms with Gasteiger partial charge in [0.1, 0.15) is 18.2 Å². The van der Waals surface area contributed by atoms with Crippen LogP contribution in [-0.2, 0) is 35.1 Å². The van der Waals surface area contributed by atoms with Crippen molar-refractivity contribution in [1.29, 1.82) is 0 Å². The molecule has 0 aliphatic carbocycles. The van der Waals surface area contributed by atoms with Crippen molar-refractivity contribution in [2.45, 2.75) is 100 Å². The van der Waals surface area contributed by atoms with E-state index in [0.717, 1.165) is 0 Å². The molecule has 220 valence electrons. The Kier molecular flexibility index (Phi) is 13.6. The lowest BCUT2D eigenvalue weighted by Crippen LogP contribution is -2.39. The quantitative estimate of drug-likeness (QED) is 0.255. The third-order valence-electron chi connectivity index (χ3n) is 6.79. The van der Waals surface area contributed by atoms with Gasteiger partial charge in [0.05, 0.1) is 11.8 Å². The van der Waals surface area contributed by atoms with Gasteiger partial charge in [-0.05, 0) is 55.7 Å². The summed E-state index contributed by atoms with van der Waals surface area (Å²) in [7, 11) is 0. The van der Waals surface area contributed by atoms with Crippen LogP contribution >= 0.6 is 0 Å². The molecule has 2 N–H and O–H groups in total. The molecule has 1 rings (SSSR count). The van der Waals surface area contributed by atoms with Crippen molar-refractivity contribution in [2.24, 2.45) is 35.3 Å². The van der Waals surface area contributed by atoms with Crippen LogP contribution in [0.5, 0.6) is 11.5 Å². The molecule has 39 heavy (non-hydrogen) atoms. The topological polar surface area (TPSA) is 131 Å². The van der Waals surface area contributed by atoms with E-state index in [9.17, 15) is 19.2 Å². The molecule has 0 heterocycles. The van der Waals surface area contributed by atoms with E-state index in [1.54, 1.807) is 39.8 Å². The van der Waals surface area contributed by atoms with Crippen LogP contribution in [0.15, 0.2) is 18.2 Å². The lowest BCUT2D eigenvalue weighted by Gasteiger charge is -2.23. The predicted octanol–water partition coefficient (Wildman–Crippen LogP) is 4.86. The summed E-state index contributed by atoms with van der Waals surface area (Å²) < 4.78 is 22.0. The fourth-order valence-corrected chi connectivity index (χ4v) is 3.18. The van der Waals surface area contributed by atoms with E-state index in [2.05, 4.69) is 0 Å². The van der Waals surface area contributed by atoms with E-state index in [-0.39, 0.29) is 59.9 Å². The Morgan fingerprint density at radius 1 is 0.692 bits per heavy atom. The van der Waals surface area contributed by atoms with E-state index < -0.39 is 36.2 Å². The van der Waals surface area contributed by atoms with Crippen molar-refractivity contribution in [2.75, 3.05) is 0 Å². The van der Waals surface area contributed by atoms with Crippen molar-refractivity contribution in [3.63, 3.8) is 0 Å². The summed E-state index contributed by atoms with van der Waals surface area (Å²) in [5.41, 5.74) is 6.70. The van der Waals surface area contributed by atoms with Gasteiger partial charge in [0.25, 0.3) is 0 Å². The van der Waals surface area contributed by atoms with Gasteiger partial charge < -0.3 is 24.7 Å². The minimum Gasteiger partial charge on any atom is -0.459 e. The van der Waals surface area contributed by atoms with Crippen molar-refractivity contribution in [1.82, 2.24) is 0 Å². The van der Waals surface area contributed by atoms with E-state index in [0.29, 0.717) is 5.56 Å². The van der Waals surface area contributed by atoms with Crippen LogP contribution in [0.4, 0.5) is 0 Å². The molecule has 0 aromatic heterocycles. The lowest BCUT2D eigenvalue weighted by molar-refractivity contribution is -0.166. The van der Waals surface area contributed by atoms with Gasteiger partial charge >= 0.3 is 23.9 Å². The van der Waals surface area contributed by atoms with Crippen LogP contribution < -0.4 is 15.2 Å². The van der Waals surface area contributed by atoms with Crippen molar-refractivity contribution in [3.05, 3.63) is 23.8 Å². The summed E-state index contributed by atoms with van der Waals surface area (Å²) in [5.74, 6) is -2.22. The summed E-state index contributed by atoms with van der Waals surface area (Å²) in [5, 5.41) is 0. The maximum Gasteiger partial charge on any atom is 0.323 e. The van der Waals surface area contributed by atoms with Crippen LogP contribution in [0.25, 0.3) is 0 Å². The van der Waals surface area contributed by atoms with Gasteiger partial charge in [-0.3, -0.25) is 19.2 Å². The average molecular weight is 550 g/mol. The van der Waals surface area contributed by atoms with E-state index in [1.807, 2.05) is 41.5 Å². The molecule has 0 saturated carbocycles. The number of nitrogens with two attached hydrogens (primary N) is 1. The molecule has 5 atom stereocenters. The SMILES string of the molecule is CC(C)CC(=O)O[C@@H](C)[C@H](C)OC(=O)[C@@H](N)Cc1ccc(OC(=O)C(C)C(C)C)c(OC(=O)C(C)C(C)C)c1. The van der Waals surface area contributed by atoms with Crippen LogP contribution in [0, 0.1) is 29.6 Å². The summed E-state index contributed by atoms with van der Waals surface area (Å²) in [6, 6.07) is 3.69. The van der Waals surface area contributed by atoms with Crippen molar-refractivity contribution < 1.29 is 38.1 Å². The Hall–Kier alpha value is -2.94. The second-order valence-electron chi connectivity index (χ2n) is 11.4. The number of benzene rings is 1. The Labute approximate surface area is 233 Å². The molecular formula is C30H47NO8. The highest BCUT2D eigenvalue weighted by Crippen LogP contribution is 2.31. The maximum absolute atomic E-state index is 12.7. The second-order valence-corrected chi connectivity index (χ2v) is 11.4. The molecule has 0 fully saturated rings. The van der Waals surface area contributed by atoms with E-state index in [4.69, 9.17) is 24.7 Å². The zero-order chi connectivity index (χ0) is 30.0. The lowest BCUT2D eigenvalue weighted by atomic mass is 9.98. The predicted molar refractivity (Wildman–Crippen MR) is 148 cm³/mol. The number of rotatable bonds is 14. The molecule has 0 aliphatic heterocycles. The molecule has 1 aromatic carbocycles. The van der Waals surface area contributed by atoms with Gasteiger partial charge in [0.15, 0.2) is 11.5 Å². The van der Waals surface area contributed by atoms with Gasteiger partial charge in [0, 0.05) is 6.42 Å². The molecule has 0 amide bonds. The number of ether oxygens (including phenoxy) is 4. The number of esters is 4. The average Bonchev–Trinajstić information content (AvgIpc) is 2.83. The first-order valence-corrected chi connectivity index (χ1v) is 13.7. The summed E-state index contributed by atoms with van der Waals surface area (Å²) in [6.07, 6.45) is -0.981. The van der Waals surface area contributed by atoms with Crippen LogP contribution in [0.1, 0.15) is 81.2 Å². The normalized spacial score (nSPS) is 15.3. The zero-order valence-corrected chi connectivity index (χ0v) is 25.1. The highest BCUT2D eigenvalue weighted by molar-refractivity contribution is 5.79. The maximum atomic E-state index is 12.7. The number of carbonyl (C=O) groups is 4. The molecule has 1 aromatic rings. The summed E-state index contributed by atoms with van der Waals surface area (Å²) in [4.78, 5) is 49.9. The number of carbonyl (C=O) groups excluding carboxylic acids is 4. The highest BCUT2D eigenvalue weighted by atomic mass is 16.6. The number of hydrogen-bond donors (Lipinski definition) is 1. The van der Waals surface area contributed by atoms with Gasteiger partial charge in [-0.15, -0.1) is 0 Å². The molecule has 0 aliphatic rings. The fraction of sp³-hybridized carbons (Fsp3) is 0.667. The van der Waals surface area contributed by atoms with E-state index in [1.165, 1.54) is 6.07 Å². The van der Waals surface area contributed by atoms with Crippen LogP contribution in [0.2, 0.25) is 0 Å². The summed E-state index contributed by atoms with van der Waals surface area (Å²) >= 11 is 0. The summed E-state index contributed by atoms with van der Waals surface area (Å²) in [6.45, 7) is 18.3. The van der Waals surface area contributed by atoms with Gasteiger partial charge in [-0.1, -0.05) is 61.5 Å². The standard InChI is InChI=1S/C30H47NO8/c1-16(2)13-27(32)36-21(9)22(10)37-30(35)24(31)14-23-11-12-25(38-28(33)19(7)17(3)4)26(15-23)39-29(34)20(8)18(5)6/h11-12,15-22,24H,13-14,31H2,1-10H3/t19?,20?,21-,22-,24-/m0/s1. The Morgan fingerprint density at radius 2 is 1.18 bits per heavy atom. The molecule has 9 heteroatoms. The zero-order valence-electron chi connectivity index (χ0n) is 25.1. The third-order valence-corrected chi connectivity index (χ3v) is 6.79. The second kappa shape index (κ2) is 15.6. The molecule has 9 nitrogen and oxygen atoms in total.